The Hall–Kier alpha value is -0.880. The maximum Gasteiger partial charge on any atom is 0.273 e. The fourth-order valence-electron chi connectivity index (χ4n) is 1.04. The molecule has 0 spiro atoms. The summed E-state index contributed by atoms with van der Waals surface area (Å²) in [6, 6.07) is 1.57. The quantitative estimate of drug-likeness (QED) is 0.839. The normalized spacial score (nSPS) is 11.5. The van der Waals surface area contributed by atoms with Crippen LogP contribution in [0, 0.1) is 0 Å². The predicted molar refractivity (Wildman–Crippen MR) is 62.6 cm³/mol. The van der Waals surface area contributed by atoms with Crippen LogP contribution >= 0.6 is 15.9 Å². The van der Waals surface area contributed by atoms with Gasteiger partial charge in [-0.1, -0.05) is 21.1 Å². The number of nitrogens with one attached hydrogen (secondary N) is 1. The fraction of sp³-hybridized carbons (Fsp3) is 0.600. The number of hydrogen-bond donors (Lipinski definition) is 1. The minimum Gasteiger partial charge on any atom is -0.377 e. The molecule has 0 aliphatic carbocycles. The minimum absolute atomic E-state index is 0.254. The maximum absolute atomic E-state index is 11.7. The van der Waals surface area contributed by atoms with E-state index in [-0.39, 0.29) is 17.1 Å². The van der Waals surface area contributed by atoms with Gasteiger partial charge in [0.05, 0.1) is 0 Å². The first kappa shape index (κ1) is 13.2. The number of rotatable bonds is 5. The molecule has 0 aliphatic rings. The van der Waals surface area contributed by atoms with Gasteiger partial charge < -0.3 is 14.6 Å². The number of methoxy groups -OCH3 is 1. The molecule has 1 aromatic heterocycles. The van der Waals surface area contributed by atoms with Crippen molar-refractivity contribution in [2.45, 2.75) is 26.0 Å². The topological polar surface area (TPSA) is 64.4 Å². The largest absolute Gasteiger partial charge is 0.377 e. The predicted octanol–water partition coefficient (Wildman–Crippen LogP) is 1.72. The Labute approximate surface area is 103 Å². The molecule has 1 aromatic rings. The number of ether oxygens (including phenoxy) is 1. The van der Waals surface area contributed by atoms with Gasteiger partial charge in [0.2, 0.25) is 0 Å². The summed E-state index contributed by atoms with van der Waals surface area (Å²) in [6.07, 6.45) is 0. The zero-order valence-corrected chi connectivity index (χ0v) is 11.1. The van der Waals surface area contributed by atoms with E-state index in [1.807, 2.05) is 13.8 Å². The van der Waals surface area contributed by atoms with Crippen molar-refractivity contribution in [1.29, 1.82) is 0 Å². The summed E-state index contributed by atoms with van der Waals surface area (Å²) < 4.78 is 9.80. The first-order valence-corrected chi connectivity index (χ1v) is 5.93. The Morgan fingerprint density at radius 3 is 2.94 bits per heavy atom. The van der Waals surface area contributed by atoms with Gasteiger partial charge in [0.25, 0.3) is 5.91 Å². The third-order valence-electron chi connectivity index (χ3n) is 1.86. The Morgan fingerprint density at radius 2 is 2.38 bits per heavy atom. The highest BCUT2D eigenvalue weighted by atomic mass is 79.9. The maximum atomic E-state index is 11.7. The summed E-state index contributed by atoms with van der Waals surface area (Å²) in [5, 5.41) is 7.16. The van der Waals surface area contributed by atoms with Gasteiger partial charge in [-0.25, -0.2) is 0 Å². The van der Waals surface area contributed by atoms with Gasteiger partial charge in [-0.2, -0.15) is 0 Å². The molecule has 1 amide bonds. The number of amides is 1. The molecular weight excluding hydrogens is 276 g/mol. The molecule has 0 aromatic carbocycles. The standard InChI is InChI=1S/C10H15BrN2O3/c1-10(2,6-11)12-9(14)8-4-7(5-15-3)16-13-8/h4H,5-6H2,1-3H3,(H,12,14). The van der Waals surface area contributed by atoms with Crippen LogP contribution in [0.15, 0.2) is 10.6 Å². The van der Waals surface area contributed by atoms with Gasteiger partial charge in [0.15, 0.2) is 11.5 Å². The molecule has 6 heteroatoms. The van der Waals surface area contributed by atoms with Gasteiger partial charge >= 0.3 is 0 Å². The lowest BCUT2D eigenvalue weighted by Gasteiger charge is -2.22. The lowest BCUT2D eigenvalue weighted by Crippen LogP contribution is -2.44. The van der Waals surface area contributed by atoms with Crippen LogP contribution in [0.1, 0.15) is 30.1 Å². The van der Waals surface area contributed by atoms with Crippen molar-refractivity contribution < 1.29 is 14.1 Å². The number of hydrogen-bond acceptors (Lipinski definition) is 4. The van der Waals surface area contributed by atoms with Crippen LogP contribution in [0.3, 0.4) is 0 Å². The van der Waals surface area contributed by atoms with E-state index in [1.165, 1.54) is 0 Å². The molecule has 0 fully saturated rings. The van der Waals surface area contributed by atoms with E-state index in [0.717, 1.165) is 0 Å². The van der Waals surface area contributed by atoms with E-state index in [1.54, 1.807) is 13.2 Å². The average molecular weight is 291 g/mol. The van der Waals surface area contributed by atoms with Gasteiger partial charge in [-0.15, -0.1) is 0 Å². The van der Waals surface area contributed by atoms with Crippen molar-refractivity contribution in [3.05, 3.63) is 17.5 Å². The van der Waals surface area contributed by atoms with Crippen molar-refractivity contribution in [1.82, 2.24) is 10.5 Å². The molecule has 0 saturated carbocycles. The second kappa shape index (κ2) is 5.45. The zero-order valence-electron chi connectivity index (χ0n) is 9.54. The van der Waals surface area contributed by atoms with Crippen LogP contribution in [0.5, 0.6) is 0 Å². The lowest BCUT2D eigenvalue weighted by atomic mass is 10.1. The van der Waals surface area contributed by atoms with E-state index in [4.69, 9.17) is 9.26 Å². The minimum atomic E-state index is -0.322. The van der Waals surface area contributed by atoms with Crippen molar-refractivity contribution >= 4 is 21.8 Å². The van der Waals surface area contributed by atoms with E-state index in [9.17, 15) is 4.79 Å². The first-order valence-electron chi connectivity index (χ1n) is 4.81. The Balaban J connectivity index is 2.66. The number of halogens is 1. The Morgan fingerprint density at radius 1 is 1.69 bits per heavy atom. The van der Waals surface area contributed by atoms with Crippen molar-refractivity contribution in [3.8, 4) is 0 Å². The number of carbonyl (C=O) groups is 1. The summed E-state index contributed by atoms with van der Waals surface area (Å²) in [5.41, 5.74) is -0.0571. The van der Waals surface area contributed by atoms with Gasteiger partial charge in [0.1, 0.15) is 6.61 Å². The van der Waals surface area contributed by atoms with Crippen LogP contribution < -0.4 is 5.32 Å². The van der Waals surface area contributed by atoms with Crippen LogP contribution in [-0.4, -0.2) is 29.0 Å². The summed E-state index contributed by atoms with van der Waals surface area (Å²) >= 11 is 3.32. The van der Waals surface area contributed by atoms with E-state index >= 15 is 0 Å². The van der Waals surface area contributed by atoms with Crippen molar-refractivity contribution in [3.63, 3.8) is 0 Å². The molecule has 0 unspecified atom stereocenters. The second-order valence-corrected chi connectivity index (χ2v) is 4.64. The molecule has 16 heavy (non-hydrogen) atoms. The van der Waals surface area contributed by atoms with Crippen LogP contribution in [-0.2, 0) is 11.3 Å². The lowest BCUT2D eigenvalue weighted by molar-refractivity contribution is 0.0911. The van der Waals surface area contributed by atoms with Gasteiger partial charge in [-0.3, -0.25) is 4.79 Å². The zero-order chi connectivity index (χ0) is 12.2. The Bertz CT molecular complexity index is 363. The third-order valence-corrected chi connectivity index (χ3v) is 3.27. The fourth-order valence-corrected chi connectivity index (χ4v) is 1.18. The molecule has 0 saturated heterocycles. The highest BCUT2D eigenvalue weighted by molar-refractivity contribution is 9.09. The van der Waals surface area contributed by atoms with Crippen molar-refractivity contribution in [2.75, 3.05) is 12.4 Å². The second-order valence-electron chi connectivity index (χ2n) is 4.08. The molecular formula is C10H15BrN2O3. The molecule has 0 radical (unpaired) electrons. The SMILES string of the molecule is COCc1cc(C(=O)NC(C)(C)CBr)no1. The Kier molecular flexibility index (Phi) is 4.49. The molecule has 0 bridgehead atoms. The van der Waals surface area contributed by atoms with E-state index < -0.39 is 0 Å². The first-order chi connectivity index (χ1) is 7.48. The average Bonchev–Trinajstić information content (AvgIpc) is 2.66. The van der Waals surface area contributed by atoms with Crippen LogP contribution in [0.25, 0.3) is 0 Å². The summed E-state index contributed by atoms with van der Waals surface area (Å²) in [6.45, 7) is 4.13. The molecule has 5 nitrogen and oxygen atoms in total. The third kappa shape index (κ3) is 3.61. The molecule has 90 valence electrons. The van der Waals surface area contributed by atoms with Gasteiger partial charge in [-0.05, 0) is 13.8 Å². The summed E-state index contributed by atoms with van der Waals surface area (Å²) in [5.74, 6) is 0.278. The van der Waals surface area contributed by atoms with Crippen molar-refractivity contribution in [2.24, 2.45) is 0 Å². The molecule has 1 rings (SSSR count). The number of carbonyl (C=O) groups excluding carboxylic acids is 1. The smallest absolute Gasteiger partial charge is 0.273 e. The monoisotopic (exact) mass is 290 g/mol. The molecule has 1 N–H and O–H groups in total. The summed E-state index contributed by atoms with van der Waals surface area (Å²) in [4.78, 5) is 11.7. The van der Waals surface area contributed by atoms with E-state index in [0.29, 0.717) is 17.7 Å². The molecule has 0 atom stereocenters. The number of aromatic nitrogens is 1. The van der Waals surface area contributed by atoms with Crippen LogP contribution in [0.2, 0.25) is 0 Å². The van der Waals surface area contributed by atoms with Gasteiger partial charge in [0, 0.05) is 24.0 Å². The number of nitrogens with zero attached hydrogens (tertiary/aromatic N) is 1. The highest BCUT2D eigenvalue weighted by Crippen LogP contribution is 2.09. The van der Waals surface area contributed by atoms with E-state index in [2.05, 4.69) is 26.4 Å². The molecule has 0 aliphatic heterocycles. The summed E-state index contributed by atoms with van der Waals surface area (Å²) in [7, 11) is 1.55. The molecule has 1 heterocycles. The highest BCUT2D eigenvalue weighted by Gasteiger charge is 2.21. The number of alkyl halides is 1. The van der Waals surface area contributed by atoms with Crippen LogP contribution in [0.4, 0.5) is 0 Å².